The maximum absolute atomic E-state index is 12.3. The van der Waals surface area contributed by atoms with Crippen LogP contribution in [0.25, 0.3) is 0 Å². The van der Waals surface area contributed by atoms with Crippen molar-refractivity contribution in [2.75, 3.05) is 13.1 Å². The number of carbonyl (C=O) groups is 2. The predicted octanol–water partition coefficient (Wildman–Crippen LogP) is 2.17. The molecule has 1 unspecified atom stereocenters. The standard InChI is InChI=1S/C13H17NO3S/c1-9(11-4-7-18-8-11)12(15)14-5-2-10(3-6-14)13(16)17/h4,7-10H,2-3,5-6H2,1H3,(H,16,17). The van der Waals surface area contributed by atoms with Crippen molar-refractivity contribution in [1.29, 1.82) is 0 Å². The van der Waals surface area contributed by atoms with Gasteiger partial charge in [0.15, 0.2) is 0 Å². The van der Waals surface area contributed by atoms with Crippen LogP contribution in [0.15, 0.2) is 16.8 Å². The highest BCUT2D eigenvalue weighted by molar-refractivity contribution is 7.08. The van der Waals surface area contributed by atoms with Gasteiger partial charge in [0.05, 0.1) is 11.8 Å². The van der Waals surface area contributed by atoms with Crippen LogP contribution in [-0.2, 0) is 9.59 Å². The second-order valence-electron chi connectivity index (χ2n) is 4.72. The molecule has 1 aromatic rings. The van der Waals surface area contributed by atoms with Crippen LogP contribution in [0.1, 0.15) is 31.2 Å². The number of aliphatic carboxylic acids is 1. The summed E-state index contributed by atoms with van der Waals surface area (Å²) in [5.41, 5.74) is 1.05. The highest BCUT2D eigenvalue weighted by Crippen LogP contribution is 2.24. The molecule has 4 nitrogen and oxygen atoms in total. The van der Waals surface area contributed by atoms with E-state index in [-0.39, 0.29) is 17.7 Å². The molecule has 0 spiro atoms. The Bertz CT molecular complexity index is 421. The lowest BCUT2D eigenvalue weighted by Crippen LogP contribution is -2.42. The van der Waals surface area contributed by atoms with Crippen molar-refractivity contribution in [3.8, 4) is 0 Å². The molecule has 1 amide bonds. The van der Waals surface area contributed by atoms with Crippen molar-refractivity contribution < 1.29 is 14.7 Å². The van der Waals surface area contributed by atoms with Gasteiger partial charge in [-0.15, -0.1) is 0 Å². The Morgan fingerprint density at radius 1 is 1.44 bits per heavy atom. The first-order valence-electron chi connectivity index (χ1n) is 6.13. The molecule has 98 valence electrons. The van der Waals surface area contributed by atoms with Crippen molar-refractivity contribution in [3.63, 3.8) is 0 Å². The maximum atomic E-state index is 12.3. The third-order valence-electron chi connectivity index (χ3n) is 3.57. The average Bonchev–Trinajstić information content (AvgIpc) is 2.91. The van der Waals surface area contributed by atoms with Gasteiger partial charge in [-0.05, 0) is 42.2 Å². The van der Waals surface area contributed by atoms with Crippen LogP contribution >= 0.6 is 11.3 Å². The molecule has 1 N–H and O–H groups in total. The van der Waals surface area contributed by atoms with Crippen LogP contribution < -0.4 is 0 Å². The number of carbonyl (C=O) groups excluding carboxylic acids is 1. The summed E-state index contributed by atoms with van der Waals surface area (Å²) in [6, 6.07) is 1.97. The molecule has 0 aliphatic carbocycles. The minimum atomic E-state index is -0.743. The minimum Gasteiger partial charge on any atom is -0.481 e. The monoisotopic (exact) mass is 267 g/mol. The summed E-state index contributed by atoms with van der Waals surface area (Å²) in [6.45, 7) is 3.03. The first-order valence-corrected chi connectivity index (χ1v) is 7.07. The Labute approximate surface area is 110 Å². The first-order chi connectivity index (χ1) is 8.59. The summed E-state index contributed by atoms with van der Waals surface area (Å²) in [7, 11) is 0. The fourth-order valence-electron chi connectivity index (χ4n) is 2.28. The Balaban J connectivity index is 1.93. The van der Waals surface area contributed by atoms with Gasteiger partial charge >= 0.3 is 5.97 Å². The van der Waals surface area contributed by atoms with Crippen molar-refractivity contribution in [1.82, 2.24) is 4.90 Å². The first kappa shape index (κ1) is 13.1. The van der Waals surface area contributed by atoms with Crippen LogP contribution in [0.4, 0.5) is 0 Å². The third kappa shape index (κ3) is 2.72. The van der Waals surface area contributed by atoms with Crippen LogP contribution in [-0.4, -0.2) is 35.0 Å². The second kappa shape index (κ2) is 5.52. The zero-order valence-corrected chi connectivity index (χ0v) is 11.2. The molecule has 2 heterocycles. The number of carboxylic acid groups (broad SMARTS) is 1. The number of thiophene rings is 1. The van der Waals surface area contributed by atoms with E-state index in [9.17, 15) is 9.59 Å². The Morgan fingerprint density at radius 2 is 2.11 bits per heavy atom. The van der Waals surface area contributed by atoms with Gasteiger partial charge in [-0.3, -0.25) is 9.59 Å². The number of piperidine rings is 1. The van der Waals surface area contributed by atoms with E-state index in [0.29, 0.717) is 25.9 Å². The number of nitrogens with zero attached hydrogens (tertiary/aromatic N) is 1. The Kier molecular flexibility index (Phi) is 4.01. The van der Waals surface area contributed by atoms with Crippen LogP contribution in [0.5, 0.6) is 0 Å². The molecule has 1 fully saturated rings. The van der Waals surface area contributed by atoms with E-state index >= 15 is 0 Å². The molecule has 1 saturated heterocycles. The number of amides is 1. The molecule has 1 atom stereocenters. The molecule has 1 aromatic heterocycles. The van der Waals surface area contributed by atoms with Gasteiger partial charge in [0.25, 0.3) is 0 Å². The molecular formula is C13H17NO3S. The van der Waals surface area contributed by atoms with Crippen molar-refractivity contribution in [3.05, 3.63) is 22.4 Å². The lowest BCUT2D eigenvalue weighted by atomic mass is 9.95. The second-order valence-corrected chi connectivity index (χ2v) is 5.50. The highest BCUT2D eigenvalue weighted by atomic mass is 32.1. The molecule has 2 rings (SSSR count). The number of carboxylic acids is 1. The van der Waals surface area contributed by atoms with E-state index in [4.69, 9.17) is 5.11 Å². The van der Waals surface area contributed by atoms with E-state index in [1.54, 1.807) is 16.2 Å². The topological polar surface area (TPSA) is 57.6 Å². The highest BCUT2D eigenvalue weighted by Gasteiger charge is 2.29. The zero-order valence-electron chi connectivity index (χ0n) is 10.3. The molecule has 0 aromatic carbocycles. The van der Waals surface area contributed by atoms with Gasteiger partial charge in [0, 0.05) is 13.1 Å². The van der Waals surface area contributed by atoms with E-state index in [1.165, 1.54) is 0 Å². The normalized spacial score (nSPS) is 18.6. The van der Waals surface area contributed by atoms with Gasteiger partial charge in [0.2, 0.25) is 5.91 Å². The summed E-state index contributed by atoms with van der Waals surface area (Å²) >= 11 is 1.59. The van der Waals surface area contributed by atoms with Gasteiger partial charge in [-0.2, -0.15) is 11.3 Å². The minimum absolute atomic E-state index is 0.109. The molecule has 0 radical (unpaired) electrons. The molecule has 1 aliphatic heterocycles. The SMILES string of the molecule is CC(C(=O)N1CCC(C(=O)O)CC1)c1ccsc1. The molecule has 0 bridgehead atoms. The summed E-state index contributed by atoms with van der Waals surface area (Å²) in [6.07, 6.45) is 1.13. The number of hydrogen-bond acceptors (Lipinski definition) is 3. The third-order valence-corrected chi connectivity index (χ3v) is 4.27. The molecular weight excluding hydrogens is 250 g/mol. The predicted molar refractivity (Wildman–Crippen MR) is 69.7 cm³/mol. The molecule has 0 saturated carbocycles. The lowest BCUT2D eigenvalue weighted by Gasteiger charge is -2.31. The van der Waals surface area contributed by atoms with E-state index < -0.39 is 5.97 Å². The Hall–Kier alpha value is -1.36. The van der Waals surface area contributed by atoms with Crippen molar-refractivity contribution >= 4 is 23.2 Å². The van der Waals surface area contributed by atoms with Gasteiger partial charge < -0.3 is 10.0 Å². The van der Waals surface area contributed by atoms with E-state index in [2.05, 4.69) is 0 Å². The van der Waals surface area contributed by atoms with Gasteiger partial charge in [-0.1, -0.05) is 0 Å². The fraction of sp³-hybridized carbons (Fsp3) is 0.538. The summed E-state index contributed by atoms with van der Waals surface area (Å²) < 4.78 is 0. The van der Waals surface area contributed by atoms with Crippen molar-refractivity contribution in [2.45, 2.75) is 25.7 Å². The quantitative estimate of drug-likeness (QED) is 0.913. The number of rotatable bonds is 3. The summed E-state index contributed by atoms with van der Waals surface area (Å²) in [4.78, 5) is 24.9. The zero-order chi connectivity index (χ0) is 13.1. The summed E-state index contributed by atoms with van der Waals surface area (Å²) in [5, 5.41) is 12.9. The van der Waals surface area contributed by atoms with Crippen LogP contribution in [0.3, 0.4) is 0 Å². The Morgan fingerprint density at radius 3 is 2.61 bits per heavy atom. The molecule has 1 aliphatic rings. The van der Waals surface area contributed by atoms with E-state index in [0.717, 1.165) is 5.56 Å². The van der Waals surface area contributed by atoms with E-state index in [1.807, 2.05) is 23.8 Å². The van der Waals surface area contributed by atoms with Crippen molar-refractivity contribution in [2.24, 2.45) is 5.92 Å². The van der Waals surface area contributed by atoms with Gasteiger partial charge in [-0.25, -0.2) is 0 Å². The van der Waals surface area contributed by atoms with Gasteiger partial charge in [0.1, 0.15) is 0 Å². The maximum Gasteiger partial charge on any atom is 0.306 e. The van der Waals surface area contributed by atoms with Crippen LogP contribution in [0, 0.1) is 5.92 Å². The lowest BCUT2D eigenvalue weighted by molar-refractivity contribution is -0.146. The average molecular weight is 267 g/mol. The van der Waals surface area contributed by atoms with Crippen LogP contribution in [0.2, 0.25) is 0 Å². The number of hydrogen-bond donors (Lipinski definition) is 1. The molecule has 5 heteroatoms. The largest absolute Gasteiger partial charge is 0.481 e. The number of likely N-dealkylation sites (tertiary alicyclic amines) is 1. The summed E-state index contributed by atoms with van der Waals surface area (Å²) in [5.74, 6) is -1.05. The fourth-order valence-corrected chi connectivity index (χ4v) is 3.04. The smallest absolute Gasteiger partial charge is 0.306 e. The molecule has 18 heavy (non-hydrogen) atoms.